The Morgan fingerprint density at radius 1 is 1.62 bits per heavy atom. The SMILES string of the molecule is [CH2]C[CH]COC(C)C. The third-order valence-corrected chi connectivity index (χ3v) is 0.752. The highest BCUT2D eigenvalue weighted by atomic mass is 16.5. The lowest BCUT2D eigenvalue weighted by molar-refractivity contribution is 0.0947. The molecule has 0 spiro atoms. The molecule has 1 heteroatoms. The summed E-state index contributed by atoms with van der Waals surface area (Å²) in [6.45, 7) is 8.43. The molecule has 0 aliphatic rings. The van der Waals surface area contributed by atoms with Crippen molar-refractivity contribution < 1.29 is 4.74 Å². The zero-order chi connectivity index (χ0) is 6.41. The predicted octanol–water partition coefficient (Wildman–Crippen LogP) is 1.84. The van der Waals surface area contributed by atoms with E-state index < -0.39 is 0 Å². The highest BCUT2D eigenvalue weighted by Crippen LogP contribution is 1.90. The predicted molar refractivity (Wildman–Crippen MR) is 35.4 cm³/mol. The van der Waals surface area contributed by atoms with Crippen LogP contribution in [-0.4, -0.2) is 12.7 Å². The number of ether oxygens (including phenoxy) is 1. The summed E-state index contributed by atoms with van der Waals surface area (Å²) in [4.78, 5) is 0. The van der Waals surface area contributed by atoms with E-state index >= 15 is 0 Å². The molecule has 0 saturated carbocycles. The molecule has 0 unspecified atom stereocenters. The van der Waals surface area contributed by atoms with Gasteiger partial charge in [0.25, 0.3) is 0 Å². The zero-order valence-corrected chi connectivity index (χ0v) is 5.68. The van der Waals surface area contributed by atoms with Crippen LogP contribution < -0.4 is 0 Å². The van der Waals surface area contributed by atoms with Gasteiger partial charge < -0.3 is 4.74 Å². The van der Waals surface area contributed by atoms with E-state index in [1.54, 1.807) is 0 Å². The Labute approximate surface area is 52.0 Å². The molecule has 0 bridgehead atoms. The minimum Gasteiger partial charge on any atom is -0.378 e. The summed E-state index contributed by atoms with van der Waals surface area (Å²) in [6.07, 6.45) is 3.21. The highest BCUT2D eigenvalue weighted by molar-refractivity contribution is 4.63. The van der Waals surface area contributed by atoms with Crippen molar-refractivity contribution in [3.63, 3.8) is 0 Å². The Balaban J connectivity index is 2.72. The topological polar surface area (TPSA) is 9.23 Å². The Morgan fingerprint density at radius 2 is 2.25 bits per heavy atom. The van der Waals surface area contributed by atoms with E-state index in [4.69, 9.17) is 4.74 Å². The first-order valence-corrected chi connectivity index (χ1v) is 3.00. The summed E-state index contributed by atoms with van der Waals surface area (Å²) >= 11 is 0. The van der Waals surface area contributed by atoms with Crippen LogP contribution in [0.5, 0.6) is 0 Å². The Hall–Kier alpha value is -0.0400. The van der Waals surface area contributed by atoms with Crippen LogP contribution in [0.4, 0.5) is 0 Å². The zero-order valence-electron chi connectivity index (χ0n) is 5.68. The maximum Gasteiger partial charge on any atom is 0.0519 e. The van der Waals surface area contributed by atoms with Gasteiger partial charge in [0.2, 0.25) is 0 Å². The van der Waals surface area contributed by atoms with Crippen LogP contribution in [0.25, 0.3) is 0 Å². The van der Waals surface area contributed by atoms with Crippen molar-refractivity contribution >= 4 is 0 Å². The van der Waals surface area contributed by atoms with Gasteiger partial charge in [0.05, 0.1) is 12.7 Å². The summed E-state index contributed by atoms with van der Waals surface area (Å²) in [5.74, 6) is 0. The van der Waals surface area contributed by atoms with Crippen molar-refractivity contribution in [3.8, 4) is 0 Å². The summed E-state index contributed by atoms with van der Waals surface area (Å²) in [7, 11) is 0. The second-order valence-electron chi connectivity index (χ2n) is 1.96. The fourth-order valence-corrected chi connectivity index (χ4v) is 0.344. The molecular weight excluding hydrogens is 100 g/mol. The van der Waals surface area contributed by atoms with Crippen LogP contribution in [0.1, 0.15) is 20.3 Å². The molecule has 2 radical (unpaired) electrons. The van der Waals surface area contributed by atoms with Crippen LogP contribution in [0, 0.1) is 13.3 Å². The van der Waals surface area contributed by atoms with Crippen LogP contribution in [-0.2, 0) is 4.74 Å². The lowest BCUT2D eigenvalue weighted by Gasteiger charge is -2.04. The first-order chi connectivity index (χ1) is 3.77. The van der Waals surface area contributed by atoms with Gasteiger partial charge >= 0.3 is 0 Å². The van der Waals surface area contributed by atoms with E-state index in [0.29, 0.717) is 6.10 Å². The van der Waals surface area contributed by atoms with E-state index in [9.17, 15) is 0 Å². The third kappa shape index (κ3) is 5.96. The molecule has 0 fully saturated rings. The van der Waals surface area contributed by atoms with Gasteiger partial charge in [-0.3, -0.25) is 0 Å². The van der Waals surface area contributed by atoms with Gasteiger partial charge in [0, 0.05) is 0 Å². The minimum absolute atomic E-state index is 0.345. The monoisotopic (exact) mass is 114 g/mol. The normalized spacial score (nSPS) is 10.5. The molecule has 0 rings (SSSR count). The van der Waals surface area contributed by atoms with Crippen LogP contribution in [0.15, 0.2) is 0 Å². The molecule has 0 aromatic heterocycles. The summed E-state index contributed by atoms with van der Waals surface area (Å²) in [5, 5.41) is 0. The van der Waals surface area contributed by atoms with Gasteiger partial charge in [-0.25, -0.2) is 0 Å². The highest BCUT2D eigenvalue weighted by Gasteiger charge is 1.89. The Kier molecular flexibility index (Phi) is 5.08. The summed E-state index contributed by atoms with van der Waals surface area (Å²) in [5.41, 5.74) is 0. The van der Waals surface area contributed by atoms with Crippen LogP contribution in [0.2, 0.25) is 0 Å². The van der Waals surface area contributed by atoms with Crippen molar-refractivity contribution in [1.82, 2.24) is 0 Å². The van der Waals surface area contributed by atoms with Crippen molar-refractivity contribution in [1.29, 1.82) is 0 Å². The summed E-state index contributed by atoms with van der Waals surface area (Å²) in [6, 6.07) is 0. The van der Waals surface area contributed by atoms with Crippen LogP contribution >= 0.6 is 0 Å². The Bertz CT molecular complexity index is 41.7. The van der Waals surface area contributed by atoms with Crippen molar-refractivity contribution in [3.05, 3.63) is 13.3 Å². The van der Waals surface area contributed by atoms with Crippen molar-refractivity contribution in [2.75, 3.05) is 6.61 Å². The van der Waals surface area contributed by atoms with Crippen LogP contribution in [0.3, 0.4) is 0 Å². The molecule has 1 nitrogen and oxygen atoms in total. The molecule has 0 atom stereocenters. The molecule has 0 aliphatic heterocycles. The quantitative estimate of drug-likeness (QED) is 0.507. The van der Waals surface area contributed by atoms with Crippen molar-refractivity contribution in [2.45, 2.75) is 26.4 Å². The molecule has 0 N–H and O–H groups in total. The molecule has 0 aromatic carbocycles. The fraction of sp³-hybridized carbons (Fsp3) is 0.714. The lowest BCUT2D eigenvalue weighted by Crippen LogP contribution is -2.03. The summed E-state index contributed by atoms with van der Waals surface area (Å²) < 4.78 is 5.19. The first kappa shape index (κ1) is 7.96. The lowest BCUT2D eigenvalue weighted by atomic mass is 10.3. The van der Waals surface area contributed by atoms with Gasteiger partial charge in [-0.2, -0.15) is 0 Å². The van der Waals surface area contributed by atoms with E-state index in [2.05, 4.69) is 6.92 Å². The van der Waals surface area contributed by atoms with E-state index in [-0.39, 0.29) is 0 Å². The standard InChI is InChI=1S/C7H14O/c1-4-5-6-8-7(2)3/h5,7H,1,4,6H2,2-3H3. The number of rotatable bonds is 4. The molecule has 0 heterocycles. The Morgan fingerprint density at radius 3 is 2.62 bits per heavy atom. The molecule has 0 amide bonds. The third-order valence-electron chi connectivity index (χ3n) is 0.752. The number of unbranched alkanes of at least 4 members (excludes halogenated alkanes) is 1. The van der Waals surface area contributed by atoms with Gasteiger partial charge in [-0.1, -0.05) is 6.92 Å². The second-order valence-corrected chi connectivity index (χ2v) is 1.96. The van der Waals surface area contributed by atoms with Crippen molar-refractivity contribution in [2.24, 2.45) is 0 Å². The molecule has 48 valence electrons. The second kappa shape index (κ2) is 5.10. The van der Waals surface area contributed by atoms with E-state index in [0.717, 1.165) is 13.0 Å². The van der Waals surface area contributed by atoms with E-state index in [1.807, 2.05) is 20.3 Å². The van der Waals surface area contributed by atoms with Gasteiger partial charge in [-0.05, 0) is 26.7 Å². The van der Waals surface area contributed by atoms with Gasteiger partial charge in [-0.15, -0.1) is 0 Å². The molecule has 8 heavy (non-hydrogen) atoms. The minimum atomic E-state index is 0.345. The molecule has 0 aliphatic carbocycles. The van der Waals surface area contributed by atoms with Gasteiger partial charge in [0.15, 0.2) is 0 Å². The van der Waals surface area contributed by atoms with E-state index in [1.165, 1.54) is 0 Å². The molecule has 0 saturated heterocycles. The molecule has 0 aromatic rings. The smallest absolute Gasteiger partial charge is 0.0519 e. The average Bonchev–Trinajstić information content (AvgIpc) is 1.66. The maximum absolute atomic E-state index is 5.19. The molecular formula is C7H14O. The first-order valence-electron chi connectivity index (χ1n) is 3.00. The maximum atomic E-state index is 5.19. The number of hydrogen-bond acceptors (Lipinski definition) is 1. The number of hydrogen-bond donors (Lipinski definition) is 0. The van der Waals surface area contributed by atoms with Gasteiger partial charge in [0.1, 0.15) is 0 Å². The largest absolute Gasteiger partial charge is 0.378 e. The average molecular weight is 114 g/mol. The fourth-order valence-electron chi connectivity index (χ4n) is 0.344.